The minimum absolute atomic E-state index is 0.0227. The minimum Gasteiger partial charge on any atom is -0.394 e. The molecular formula is C14H29NO2. The van der Waals surface area contributed by atoms with Gasteiger partial charge in [0, 0.05) is 6.04 Å². The van der Waals surface area contributed by atoms with Gasteiger partial charge in [-0.25, -0.2) is 0 Å². The molecular weight excluding hydrogens is 214 g/mol. The van der Waals surface area contributed by atoms with Crippen molar-refractivity contribution < 1.29 is 10.2 Å². The van der Waals surface area contributed by atoms with Gasteiger partial charge in [0.1, 0.15) is 0 Å². The van der Waals surface area contributed by atoms with E-state index in [1.807, 2.05) is 6.92 Å². The lowest BCUT2D eigenvalue weighted by atomic mass is 9.82. The van der Waals surface area contributed by atoms with Crippen molar-refractivity contribution in [2.24, 2.45) is 5.92 Å². The summed E-state index contributed by atoms with van der Waals surface area (Å²) >= 11 is 0. The third-order valence-electron chi connectivity index (χ3n) is 4.34. The smallest absolute Gasteiger partial charge is 0.0647 e. The van der Waals surface area contributed by atoms with Gasteiger partial charge in [-0.1, -0.05) is 26.7 Å². The zero-order valence-electron chi connectivity index (χ0n) is 11.4. The van der Waals surface area contributed by atoms with Crippen molar-refractivity contribution in [3.63, 3.8) is 0 Å². The SMILES string of the molecule is CCCC1CCC(NC(CC)(CO)CO)CC1. The lowest BCUT2D eigenvalue weighted by molar-refractivity contribution is 0.0693. The fourth-order valence-electron chi connectivity index (χ4n) is 2.90. The van der Waals surface area contributed by atoms with E-state index in [4.69, 9.17) is 0 Å². The zero-order valence-corrected chi connectivity index (χ0v) is 11.4. The summed E-state index contributed by atoms with van der Waals surface area (Å²) in [5.41, 5.74) is -0.470. The van der Waals surface area contributed by atoms with E-state index in [2.05, 4.69) is 12.2 Å². The van der Waals surface area contributed by atoms with Gasteiger partial charge in [-0.15, -0.1) is 0 Å². The fraction of sp³-hybridized carbons (Fsp3) is 1.00. The molecule has 0 heterocycles. The molecule has 0 aliphatic heterocycles. The van der Waals surface area contributed by atoms with Gasteiger partial charge in [-0.05, 0) is 38.0 Å². The highest BCUT2D eigenvalue weighted by molar-refractivity contribution is 4.90. The molecule has 17 heavy (non-hydrogen) atoms. The summed E-state index contributed by atoms with van der Waals surface area (Å²) in [6.07, 6.45) is 8.37. The van der Waals surface area contributed by atoms with Crippen LogP contribution in [0.25, 0.3) is 0 Å². The second kappa shape index (κ2) is 7.34. The van der Waals surface area contributed by atoms with Crippen LogP contribution in [0.3, 0.4) is 0 Å². The summed E-state index contributed by atoms with van der Waals surface area (Å²) in [5.74, 6) is 0.900. The van der Waals surface area contributed by atoms with E-state index >= 15 is 0 Å². The normalized spacial score (nSPS) is 26.1. The average Bonchev–Trinajstić information content (AvgIpc) is 2.39. The van der Waals surface area contributed by atoms with Crippen molar-refractivity contribution in [2.75, 3.05) is 13.2 Å². The maximum atomic E-state index is 9.42. The molecule has 1 fully saturated rings. The van der Waals surface area contributed by atoms with Gasteiger partial charge in [0.15, 0.2) is 0 Å². The highest BCUT2D eigenvalue weighted by Crippen LogP contribution is 2.29. The summed E-state index contributed by atoms with van der Waals surface area (Å²) in [7, 11) is 0. The van der Waals surface area contributed by atoms with Crippen molar-refractivity contribution in [3.05, 3.63) is 0 Å². The third kappa shape index (κ3) is 4.23. The molecule has 0 aromatic heterocycles. The monoisotopic (exact) mass is 243 g/mol. The molecule has 0 aromatic rings. The van der Waals surface area contributed by atoms with Crippen molar-refractivity contribution in [3.8, 4) is 0 Å². The Morgan fingerprint density at radius 3 is 2.06 bits per heavy atom. The molecule has 3 nitrogen and oxygen atoms in total. The Morgan fingerprint density at radius 2 is 1.65 bits per heavy atom. The molecule has 0 radical (unpaired) electrons. The standard InChI is InChI=1S/C14H29NO2/c1-3-5-12-6-8-13(9-7-12)15-14(4-2,10-16)11-17/h12-13,15-17H,3-11H2,1-2H3. The molecule has 3 N–H and O–H groups in total. The molecule has 1 rings (SSSR count). The Balaban J connectivity index is 2.38. The Morgan fingerprint density at radius 1 is 1.06 bits per heavy atom. The van der Waals surface area contributed by atoms with Crippen LogP contribution in [0.15, 0.2) is 0 Å². The molecule has 0 unspecified atom stereocenters. The molecule has 1 aliphatic carbocycles. The topological polar surface area (TPSA) is 52.5 Å². The Hall–Kier alpha value is -0.120. The summed E-state index contributed by atoms with van der Waals surface area (Å²) < 4.78 is 0. The first-order valence-corrected chi connectivity index (χ1v) is 7.19. The van der Waals surface area contributed by atoms with E-state index in [9.17, 15) is 10.2 Å². The van der Waals surface area contributed by atoms with Gasteiger partial charge in [-0.3, -0.25) is 0 Å². The first kappa shape index (κ1) is 14.9. The van der Waals surface area contributed by atoms with Crippen LogP contribution >= 0.6 is 0 Å². The predicted molar refractivity (Wildman–Crippen MR) is 71.0 cm³/mol. The third-order valence-corrected chi connectivity index (χ3v) is 4.34. The fourth-order valence-corrected chi connectivity index (χ4v) is 2.90. The van der Waals surface area contributed by atoms with Crippen LogP contribution in [-0.4, -0.2) is 35.0 Å². The number of aliphatic hydroxyl groups excluding tert-OH is 2. The average molecular weight is 243 g/mol. The number of hydrogen-bond donors (Lipinski definition) is 3. The maximum Gasteiger partial charge on any atom is 0.0647 e. The van der Waals surface area contributed by atoms with E-state index in [1.165, 1.54) is 38.5 Å². The highest BCUT2D eigenvalue weighted by Gasteiger charge is 2.31. The molecule has 0 bridgehead atoms. The molecule has 3 heteroatoms. The van der Waals surface area contributed by atoms with Gasteiger partial charge in [0.25, 0.3) is 0 Å². The summed E-state index contributed by atoms with van der Waals surface area (Å²) in [4.78, 5) is 0. The van der Waals surface area contributed by atoms with Gasteiger partial charge < -0.3 is 15.5 Å². The van der Waals surface area contributed by atoms with Gasteiger partial charge >= 0.3 is 0 Å². The van der Waals surface area contributed by atoms with Crippen LogP contribution in [-0.2, 0) is 0 Å². The lowest BCUT2D eigenvalue weighted by Crippen LogP contribution is -2.56. The van der Waals surface area contributed by atoms with E-state index in [0.29, 0.717) is 6.04 Å². The molecule has 0 aromatic carbocycles. The molecule has 1 aliphatic rings. The van der Waals surface area contributed by atoms with Crippen LogP contribution in [0.1, 0.15) is 58.8 Å². The summed E-state index contributed by atoms with van der Waals surface area (Å²) in [6.45, 7) is 4.32. The molecule has 0 atom stereocenters. The minimum atomic E-state index is -0.470. The van der Waals surface area contributed by atoms with Gasteiger partial charge in [0.05, 0.1) is 18.8 Å². The first-order chi connectivity index (χ1) is 8.19. The Labute approximate surface area is 106 Å². The predicted octanol–water partition coefficient (Wildman–Crippen LogP) is 2.07. The Bertz CT molecular complexity index is 188. The molecule has 0 spiro atoms. The maximum absolute atomic E-state index is 9.42. The van der Waals surface area contributed by atoms with Crippen LogP contribution in [0.5, 0.6) is 0 Å². The number of nitrogens with one attached hydrogen (secondary N) is 1. The number of aliphatic hydroxyl groups is 2. The van der Waals surface area contributed by atoms with Gasteiger partial charge in [-0.2, -0.15) is 0 Å². The van der Waals surface area contributed by atoms with E-state index in [0.717, 1.165) is 12.3 Å². The highest BCUT2D eigenvalue weighted by atomic mass is 16.3. The molecule has 0 amide bonds. The van der Waals surface area contributed by atoms with E-state index in [-0.39, 0.29) is 13.2 Å². The van der Waals surface area contributed by atoms with Crippen molar-refractivity contribution in [2.45, 2.75) is 70.4 Å². The van der Waals surface area contributed by atoms with E-state index < -0.39 is 5.54 Å². The summed E-state index contributed by atoms with van der Waals surface area (Å²) in [6, 6.07) is 0.474. The van der Waals surface area contributed by atoms with Crippen LogP contribution < -0.4 is 5.32 Å². The molecule has 102 valence electrons. The lowest BCUT2D eigenvalue weighted by Gasteiger charge is -2.38. The van der Waals surface area contributed by atoms with Crippen molar-refractivity contribution >= 4 is 0 Å². The second-order valence-corrected chi connectivity index (χ2v) is 5.60. The van der Waals surface area contributed by atoms with Gasteiger partial charge in [0.2, 0.25) is 0 Å². The zero-order chi connectivity index (χ0) is 12.7. The number of rotatable bonds is 7. The molecule has 0 saturated heterocycles. The largest absolute Gasteiger partial charge is 0.394 e. The molecule has 1 saturated carbocycles. The van der Waals surface area contributed by atoms with Crippen LogP contribution in [0.2, 0.25) is 0 Å². The second-order valence-electron chi connectivity index (χ2n) is 5.60. The van der Waals surface area contributed by atoms with Crippen molar-refractivity contribution in [1.82, 2.24) is 5.32 Å². The number of hydrogen-bond acceptors (Lipinski definition) is 3. The van der Waals surface area contributed by atoms with Crippen molar-refractivity contribution in [1.29, 1.82) is 0 Å². The summed E-state index contributed by atoms with van der Waals surface area (Å²) in [5, 5.41) is 22.3. The van der Waals surface area contributed by atoms with Crippen LogP contribution in [0.4, 0.5) is 0 Å². The first-order valence-electron chi connectivity index (χ1n) is 7.19. The quantitative estimate of drug-likeness (QED) is 0.641. The van der Waals surface area contributed by atoms with Crippen LogP contribution in [0, 0.1) is 5.92 Å². The van der Waals surface area contributed by atoms with E-state index in [1.54, 1.807) is 0 Å². The Kier molecular flexibility index (Phi) is 6.45.